The molecule has 1 aliphatic heterocycles. The molecule has 2 aromatic heterocycles. The van der Waals surface area contributed by atoms with E-state index in [4.69, 9.17) is 4.74 Å². The monoisotopic (exact) mass is 1200 g/mol. The molecule has 0 atom stereocenters. The minimum absolute atomic E-state index is 0. The van der Waals surface area contributed by atoms with Crippen LogP contribution in [-0.2, 0) is 26.4 Å². The van der Waals surface area contributed by atoms with E-state index in [1.807, 2.05) is 17.4 Å². The maximum absolute atomic E-state index is 10.0. The van der Waals surface area contributed by atoms with Crippen LogP contribution >= 0.6 is 51.0 Å². The van der Waals surface area contributed by atoms with Crippen molar-refractivity contribution in [1.82, 2.24) is 0 Å². The molecule has 11 rings (SSSR count). The van der Waals surface area contributed by atoms with E-state index in [-0.39, 0.29) is 56.3 Å². The predicted octanol–water partition coefficient (Wildman–Crippen LogP) is 21.8. The van der Waals surface area contributed by atoms with E-state index in [2.05, 4.69) is 267 Å². The molecule has 2 N–H and O–H groups in total. The summed E-state index contributed by atoms with van der Waals surface area (Å²) < 4.78 is 10.7. The second kappa shape index (κ2) is 26.8. The number of hydrogen-bond donors (Lipinski definition) is 2. The Morgan fingerprint density at radius 3 is 0.975 bits per heavy atom. The lowest BCUT2D eigenvalue weighted by molar-refractivity contribution is 0.198. The van der Waals surface area contributed by atoms with Gasteiger partial charge in [-0.3, -0.25) is 0 Å². The molecule has 5 nitrogen and oxygen atoms in total. The van der Waals surface area contributed by atoms with Crippen LogP contribution < -0.4 is 15.3 Å². The number of benzene rings is 8. The Balaban J connectivity index is 0.000000261. The number of halogens is 2. The average molecular weight is 1210 g/mol. The van der Waals surface area contributed by atoms with Crippen molar-refractivity contribution in [3.05, 3.63) is 197 Å². The minimum atomic E-state index is -1.51. The zero-order chi connectivity index (χ0) is 55.0. The fourth-order valence-electron chi connectivity index (χ4n) is 9.96. The number of hydrogen-bond acceptors (Lipinski definition) is 7. The number of ether oxygens (including phenoxy) is 1. The van der Waals surface area contributed by atoms with E-state index >= 15 is 0 Å². The molecule has 3 heterocycles. The van der Waals surface area contributed by atoms with Gasteiger partial charge in [-0.05, 0) is 145 Å². The molecule has 0 radical (unpaired) electrons. The summed E-state index contributed by atoms with van der Waals surface area (Å²) in [5.41, 5.74) is 13.0. The van der Waals surface area contributed by atoms with Gasteiger partial charge in [-0.25, -0.2) is 0 Å². The zero-order valence-electron chi connectivity index (χ0n) is 47.4. The van der Waals surface area contributed by atoms with Crippen LogP contribution in [0.15, 0.2) is 174 Å². The molecule has 10 aromatic rings. The second-order valence-corrected chi connectivity index (χ2v) is 27.3. The van der Waals surface area contributed by atoms with E-state index in [0.717, 1.165) is 54.9 Å². The third-order valence-corrected chi connectivity index (χ3v) is 18.0. The van der Waals surface area contributed by atoms with Crippen molar-refractivity contribution in [3.63, 3.8) is 0 Å². The quantitative estimate of drug-likeness (QED) is 0.156. The highest BCUT2D eigenvalue weighted by Gasteiger charge is 2.25. The summed E-state index contributed by atoms with van der Waals surface area (Å²) in [4.78, 5) is 4.72. The molecular formula is C71H87BBrClN2O3S2. The summed E-state index contributed by atoms with van der Waals surface area (Å²) in [6.07, 6.45) is 2.56. The fraction of sp³-hybridized carbons (Fsp3) is 0.324. The number of nitrogens with zero attached hydrogens (tertiary/aromatic N) is 2. The predicted molar refractivity (Wildman–Crippen MR) is 368 cm³/mol. The number of fused-ring (bicyclic) bond motifs is 6. The van der Waals surface area contributed by atoms with Gasteiger partial charge in [0.25, 0.3) is 0 Å². The van der Waals surface area contributed by atoms with Crippen LogP contribution in [-0.4, -0.2) is 30.4 Å². The van der Waals surface area contributed by atoms with Crippen LogP contribution in [0.3, 0.4) is 0 Å². The van der Waals surface area contributed by atoms with E-state index in [9.17, 15) is 10.0 Å². The van der Waals surface area contributed by atoms with Crippen LogP contribution in [0.5, 0.6) is 0 Å². The summed E-state index contributed by atoms with van der Waals surface area (Å²) in [7, 11) is -1.51. The minimum Gasteiger partial charge on any atom is -0.423 e. The Hall–Kier alpha value is -5.49. The zero-order valence-corrected chi connectivity index (χ0v) is 51.4. The van der Waals surface area contributed by atoms with E-state index in [0.29, 0.717) is 5.46 Å². The van der Waals surface area contributed by atoms with E-state index < -0.39 is 7.12 Å². The number of thiophene rings is 2. The van der Waals surface area contributed by atoms with Gasteiger partial charge in [0.2, 0.25) is 0 Å². The molecule has 0 saturated carbocycles. The Morgan fingerprint density at radius 1 is 0.395 bits per heavy atom. The van der Waals surface area contributed by atoms with Gasteiger partial charge in [0.1, 0.15) is 0 Å². The summed E-state index contributed by atoms with van der Waals surface area (Å²) in [5, 5.41) is 24.8. The Bertz CT molecular complexity index is 3510. The Labute approximate surface area is 508 Å². The van der Waals surface area contributed by atoms with Crippen LogP contribution in [0.4, 0.5) is 34.1 Å². The first-order valence-electron chi connectivity index (χ1n) is 27.0. The highest BCUT2D eigenvalue weighted by atomic mass is 79.9. The van der Waals surface area contributed by atoms with E-state index in [1.54, 1.807) is 17.4 Å². The molecule has 1 aliphatic rings. The van der Waals surface area contributed by atoms with Crippen molar-refractivity contribution >= 4 is 138 Å². The van der Waals surface area contributed by atoms with Gasteiger partial charge in [-0.1, -0.05) is 208 Å². The first-order chi connectivity index (χ1) is 36.5. The van der Waals surface area contributed by atoms with Crippen molar-refractivity contribution in [2.24, 2.45) is 0 Å². The molecular weight excluding hydrogens is 1120 g/mol. The van der Waals surface area contributed by atoms with Crippen molar-refractivity contribution in [3.8, 4) is 0 Å². The summed E-state index contributed by atoms with van der Waals surface area (Å²) in [6, 6.07) is 61.1. The Kier molecular flexibility index (Phi) is 22.0. The summed E-state index contributed by atoms with van der Waals surface area (Å²) >= 11 is 7.25. The third-order valence-electron chi connectivity index (χ3n) is 14.5. The SMILES string of the molecule is C.C.C.C1CCOC1.CC(C)(C)c1ccc(N(c2ccc(C(C)(C)C)cc2)c2cccc3c2sc2c(B(O)O)cccc23)cc1.CC(C)(C)c1ccc(N(c2ccc(C(C)(C)C)cc2)c2cccc3c2sc2c(Br)cccc23)cc1.Cl. The molecule has 0 unspecified atom stereocenters. The highest BCUT2D eigenvalue weighted by Crippen LogP contribution is 2.48. The first kappa shape index (κ1) is 66.3. The van der Waals surface area contributed by atoms with Gasteiger partial charge in [0, 0.05) is 71.4 Å². The average Bonchev–Trinajstić information content (AvgIpc) is 4.37. The lowest BCUT2D eigenvalue weighted by Gasteiger charge is -2.28. The number of rotatable bonds is 7. The molecule has 81 heavy (non-hydrogen) atoms. The molecule has 8 aromatic carbocycles. The molecule has 0 aliphatic carbocycles. The van der Waals surface area contributed by atoms with Crippen LogP contribution in [0.1, 0.15) is 140 Å². The molecule has 1 saturated heterocycles. The first-order valence-corrected chi connectivity index (χ1v) is 29.4. The highest BCUT2D eigenvalue weighted by molar-refractivity contribution is 9.10. The fourth-order valence-corrected chi connectivity index (χ4v) is 13.1. The second-order valence-electron chi connectivity index (χ2n) is 24.4. The molecule has 0 amide bonds. The molecule has 10 heteroatoms. The maximum Gasteiger partial charge on any atom is 0.489 e. The summed E-state index contributed by atoms with van der Waals surface area (Å²) in [5.74, 6) is 0. The van der Waals surface area contributed by atoms with Crippen molar-refractivity contribution in [1.29, 1.82) is 0 Å². The normalized spacial score (nSPS) is 12.5. The van der Waals surface area contributed by atoms with Crippen molar-refractivity contribution in [2.75, 3.05) is 23.0 Å². The lowest BCUT2D eigenvalue weighted by Crippen LogP contribution is -2.29. The van der Waals surface area contributed by atoms with Crippen LogP contribution in [0.2, 0.25) is 0 Å². The largest absolute Gasteiger partial charge is 0.489 e. The summed E-state index contributed by atoms with van der Waals surface area (Å²) in [6.45, 7) is 29.0. The Morgan fingerprint density at radius 2 is 0.679 bits per heavy atom. The van der Waals surface area contributed by atoms with Gasteiger partial charge in [-0.2, -0.15) is 0 Å². The smallest absolute Gasteiger partial charge is 0.423 e. The standard InChI is InChI=1S/C32H34BNO2S.C32H32BrNS.C4H8O.3CH4.ClH/c1-31(2,3)21-13-17-23(18-14-21)34(24-19-15-22(16-20-24)32(4,5)6)28-12-8-10-26-25-9-7-11-27(33(35)36)29(25)37-30(26)28;1-31(2,3)21-13-17-23(18-14-21)34(24-19-15-22(16-20-24)32(4,5)6)28-12-8-10-26-25-9-7-11-27(33)29(25)35-30(26)28;1-2-4-5-3-1;;;;/h7-20,35-36H,1-6H3;7-20H,1-6H3;1-4H2;3*1H4;1H. The van der Waals surface area contributed by atoms with Gasteiger partial charge < -0.3 is 24.6 Å². The van der Waals surface area contributed by atoms with Gasteiger partial charge in [0.05, 0.1) is 20.8 Å². The maximum atomic E-state index is 10.0. The van der Waals surface area contributed by atoms with Crippen molar-refractivity contribution in [2.45, 2.75) is 140 Å². The molecule has 428 valence electrons. The van der Waals surface area contributed by atoms with Gasteiger partial charge in [0.15, 0.2) is 0 Å². The van der Waals surface area contributed by atoms with Crippen LogP contribution in [0, 0.1) is 0 Å². The topological polar surface area (TPSA) is 56.2 Å². The number of anilines is 6. The van der Waals surface area contributed by atoms with Gasteiger partial charge in [-0.15, -0.1) is 35.1 Å². The van der Waals surface area contributed by atoms with E-state index in [1.165, 1.54) is 72.3 Å². The molecule has 0 spiro atoms. The third kappa shape index (κ3) is 14.7. The van der Waals surface area contributed by atoms with Gasteiger partial charge >= 0.3 is 7.12 Å². The molecule has 0 bridgehead atoms. The lowest BCUT2D eigenvalue weighted by atomic mass is 9.80. The van der Waals surface area contributed by atoms with Crippen molar-refractivity contribution < 1.29 is 14.8 Å². The van der Waals surface area contributed by atoms with Crippen LogP contribution in [0.25, 0.3) is 40.3 Å². The molecule has 1 fully saturated rings.